The molecule has 90 valence electrons. The van der Waals surface area contributed by atoms with Crippen molar-refractivity contribution < 1.29 is 9.47 Å². The number of ether oxygens (including phenoxy) is 2. The smallest absolute Gasteiger partial charge is 0.128 e. The standard InChI is InChI=1S/C15H13O2P/c1-2-6-13-11(4-1)15-12(17-9-10-8-16-10)5-3-7-14(15)18-13/h1-7,10,18H,8-9H2. The van der Waals surface area contributed by atoms with E-state index in [1.54, 1.807) is 0 Å². The molecule has 1 fully saturated rings. The van der Waals surface area contributed by atoms with E-state index >= 15 is 0 Å². The van der Waals surface area contributed by atoms with E-state index in [4.69, 9.17) is 9.47 Å². The maximum absolute atomic E-state index is 5.91. The molecule has 0 amide bonds. The Labute approximate surface area is 107 Å². The molecule has 0 N–H and O–H groups in total. The van der Waals surface area contributed by atoms with Gasteiger partial charge in [-0.2, -0.15) is 0 Å². The van der Waals surface area contributed by atoms with Crippen molar-refractivity contribution in [1.82, 2.24) is 0 Å². The Morgan fingerprint density at radius 2 is 1.94 bits per heavy atom. The molecule has 18 heavy (non-hydrogen) atoms. The second kappa shape index (κ2) is 4.01. The minimum Gasteiger partial charge on any atom is -0.490 e. The van der Waals surface area contributed by atoms with Crippen LogP contribution in [0, 0.1) is 0 Å². The number of hydrogen-bond donors (Lipinski definition) is 0. The molecule has 2 heterocycles. The van der Waals surface area contributed by atoms with Gasteiger partial charge in [-0.1, -0.05) is 36.4 Å². The molecule has 1 aliphatic heterocycles. The highest BCUT2D eigenvalue weighted by Crippen LogP contribution is 2.42. The highest BCUT2D eigenvalue weighted by Gasteiger charge is 2.23. The van der Waals surface area contributed by atoms with Gasteiger partial charge in [0.1, 0.15) is 18.5 Å². The predicted molar refractivity (Wildman–Crippen MR) is 76.2 cm³/mol. The van der Waals surface area contributed by atoms with E-state index in [2.05, 4.69) is 42.5 Å². The van der Waals surface area contributed by atoms with Gasteiger partial charge in [-0.05, 0) is 16.6 Å². The summed E-state index contributed by atoms with van der Waals surface area (Å²) in [5.41, 5.74) is 0. The molecule has 2 aromatic carbocycles. The predicted octanol–water partition coefficient (Wildman–Crippen LogP) is 3.80. The Morgan fingerprint density at radius 1 is 1.11 bits per heavy atom. The van der Waals surface area contributed by atoms with Crippen LogP contribution in [0.15, 0.2) is 42.5 Å². The minimum atomic E-state index is 0.306. The second-order valence-electron chi connectivity index (χ2n) is 4.62. The summed E-state index contributed by atoms with van der Waals surface area (Å²) in [6.07, 6.45) is 0.306. The van der Waals surface area contributed by atoms with Gasteiger partial charge in [-0.3, -0.25) is 0 Å². The maximum Gasteiger partial charge on any atom is 0.128 e. The molecule has 2 atom stereocenters. The highest BCUT2D eigenvalue weighted by molar-refractivity contribution is 7.44. The van der Waals surface area contributed by atoms with Gasteiger partial charge in [0.25, 0.3) is 0 Å². The van der Waals surface area contributed by atoms with Crippen LogP contribution in [-0.2, 0) is 4.74 Å². The van der Waals surface area contributed by atoms with Crippen LogP contribution in [0.3, 0.4) is 0 Å². The molecule has 0 radical (unpaired) electrons. The van der Waals surface area contributed by atoms with Gasteiger partial charge >= 0.3 is 0 Å². The van der Waals surface area contributed by atoms with E-state index in [1.807, 2.05) is 0 Å². The summed E-state index contributed by atoms with van der Waals surface area (Å²) in [6.45, 7) is 1.51. The molecule has 2 unspecified atom stereocenters. The molecular formula is C15H13O2P. The molecule has 1 aromatic heterocycles. The first-order valence-electron chi connectivity index (χ1n) is 6.16. The quantitative estimate of drug-likeness (QED) is 0.665. The van der Waals surface area contributed by atoms with Crippen molar-refractivity contribution in [3.05, 3.63) is 42.5 Å². The van der Waals surface area contributed by atoms with Crippen molar-refractivity contribution in [3.8, 4) is 5.75 Å². The van der Waals surface area contributed by atoms with Crippen molar-refractivity contribution in [1.29, 1.82) is 0 Å². The average molecular weight is 256 g/mol. The van der Waals surface area contributed by atoms with Gasteiger partial charge in [0, 0.05) is 10.5 Å². The molecule has 0 aliphatic carbocycles. The minimum absolute atomic E-state index is 0.306. The molecule has 3 aromatic rings. The normalized spacial score (nSPS) is 18.8. The third-order valence-electron chi connectivity index (χ3n) is 3.32. The van der Waals surface area contributed by atoms with E-state index in [0.717, 1.165) is 20.5 Å². The van der Waals surface area contributed by atoms with Crippen molar-refractivity contribution in [3.63, 3.8) is 0 Å². The third kappa shape index (κ3) is 1.69. The van der Waals surface area contributed by atoms with E-state index in [-0.39, 0.29) is 0 Å². The molecule has 2 nitrogen and oxygen atoms in total. The Morgan fingerprint density at radius 3 is 2.83 bits per heavy atom. The first kappa shape index (κ1) is 10.4. The Kier molecular flexibility index (Phi) is 2.32. The lowest BCUT2D eigenvalue weighted by molar-refractivity contribution is 0.265. The lowest BCUT2D eigenvalue weighted by Gasteiger charge is -2.06. The summed E-state index contributed by atoms with van der Waals surface area (Å²) in [4.78, 5) is 0. The molecule has 4 rings (SSSR count). The van der Waals surface area contributed by atoms with Gasteiger partial charge in [0.2, 0.25) is 0 Å². The SMILES string of the molecule is c1ccc2c(c1)[pH]c1cccc(OCC3CO3)c12. The van der Waals surface area contributed by atoms with Crippen LogP contribution in [0.1, 0.15) is 0 Å². The van der Waals surface area contributed by atoms with Crippen molar-refractivity contribution in [2.24, 2.45) is 0 Å². The fourth-order valence-electron chi connectivity index (χ4n) is 2.34. The Hall–Kier alpha value is -1.50. The number of hydrogen-bond acceptors (Lipinski definition) is 2. The second-order valence-corrected chi connectivity index (χ2v) is 5.94. The van der Waals surface area contributed by atoms with E-state index in [9.17, 15) is 0 Å². The summed E-state index contributed by atoms with van der Waals surface area (Å²) in [5, 5.41) is 5.43. The Balaban J connectivity index is 1.89. The number of benzene rings is 2. The van der Waals surface area contributed by atoms with Crippen LogP contribution in [0.4, 0.5) is 0 Å². The largest absolute Gasteiger partial charge is 0.490 e. The molecular weight excluding hydrogens is 243 g/mol. The Bertz CT molecular complexity index is 713. The maximum atomic E-state index is 5.91. The lowest BCUT2D eigenvalue weighted by atomic mass is 10.1. The number of fused-ring (bicyclic) bond motifs is 3. The van der Waals surface area contributed by atoms with Crippen LogP contribution >= 0.6 is 8.19 Å². The van der Waals surface area contributed by atoms with Crippen molar-refractivity contribution >= 4 is 29.2 Å². The van der Waals surface area contributed by atoms with E-state index in [0.29, 0.717) is 12.7 Å². The van der Waals surface area contributed by atoms with Crippen LogP contribution in [0.5, 0.6) is 5.75 Å². The summed E-state index contributed by atoms with van der Waals surface area (Å²) >= 11 is 0. The van der Waals surface area contributed by atoms with Crippen molar-refractivity contribution in [2.45, 2.75) is 6.10 Å². The zero-order valence-corrected chi connectivity index (χ0v) is 10.8. The van der Waals surface area contributed by atoms with Gasteiger partial charge in [-0.25, -0.2) is 0 Å². The van der Waals surface area contributed by atoms with Gasteiger partial charge < -0.3 is 9.47 Å². The highest BCUT2D eigenvalue weighted by atomic mass is 31.0. The zero-order valence-electron chi connectivity index (χ0n) is 9.85. The van der Waals surface area contributed by atoms with Crippen molar-refractivity contribution in [2.75, 3.05) is 13.2 Å². The van der Waals surface area contributed by atoms with E-state index < -0.39 is 0 Å². The number of rotatable bonds is 3. The fourth-order valence-corrected chi connectivity index (χ4v) is 3.71. The average Bonchev–Trinajstić information content (AvgIpc) is 3.15. The third-order valence-corrected chi connectivity index (χ3v) is 4.71. The molecule has 1 saturated heterocycles. The van der Waals surface area contributed by atoms with Crippen LogP contribution in [0.2, 0.25) is 0 Å². The van der Waals surface area contributed by atoms with Gasteiger partial charge in [0.05, 0.1) is 6.61 Å². The van der Waals surface area contributed by atoms with E-state index in [1.165, 1.54) is 21.0 Å². The molecule has 3 heteroatoms. The number of epoxide rings is 1. The molecule has 0 bridgehead atoms. The monoisotopic (exact) mass is 256 g/mol. The van der Waals surface area contributed by atoms with Gasteiger partial charge in [-0.15, -0.1) is 8.19 Å². The molecule has 0 spiro atoms. The first-order valence-corrected chi connectivity index (χ1v) is 7.16. The molecule has 1 aliphatic rings. The van der Waals surface area contributed by atoms with Gasteiger partial charge in [0.15, 0.2) is 0 Å². The zero-order chi connectivity index (χ0) is 11.9. The topological polar surface area (TPSA) is 21.8 Å². The van der Waals surface area contributed by atoms with Crippen LogP contribution in [0.25, 0.3) is 21.0 Å². The van der Waals surface area contributed by atoms with Crippen LogP contribution in [-0.4, -0.2) is 19.3 Å². The summed E-state index contributed by atoms with van der Waals surface area (Å²) in [5.74, 6) is 1.00. The van der Waals surface area contributed by atoms with Crippen LogP contribution < -0.4 is 4.74 Å². The summed E-state index contributed by atoms with van der Waals surface area (Å²) in [6, 6.07) is 15.0. The first-order chi connectivity index (χ1) is 8.92. The summed E-state index contributed by atoms with van der Waals surface area (Å²) < 4.78 is 11.1. The summed E-state index contributed by atoms with van der Waals surface area (Å²) in [7, 11) is 0.751. The fraction of sp³-hybridized carbons (Fsp3) is 0.200. The lowest BCUT2D eigenvalue weighted by Crippen LogP contribution is -2.03. The molecule has 0 saturated carbocycles.